The van der Waals surface area contributed by atoms with Gasteiger partial charge in [-0.05, 0) is 53.8 Å². The van der Waals surface area contributed by atoms with E-state index in [1.165, 1.54) is 12.5 Å². The molecule has 5 rings (SSSR count). The van der Waals surface area contributed by atoms with E-state index >= 15 is 0 Å². The zero-order valence-corrected chi connectivity index (χ0v) is 16.7. The van der Waals surface area contributed by atoms with Gasteiger partial charge in [-0.25, -0.2) is 4.98 Å². The molecule has 4 aromatic rings. The van der Waals surface area contributed by atoms with Crippen molar-refractivity contribution < 1.29 is 9.21 Å². The Morgan fingerprint density at radius 2 is 2.00 bits per heavy atom. The van der Waals surface area contributed by atoms with Gasteiger partial charge >= 0.3 is 0 Å². The van der Waals surface area contributed by atoms with Gasteiger partial charge in [0.15, 0.2) is 0 Å². The quantitative estimate of drug-likeness (QED) is 0.439. The Bertz CT molecular complexity index is 1210. The van der Waals surface area contributed by atoms with Gasteiger partial charge in [0.2, 0.25) is 5.91 Å². The lowest BCUT2D eigenvalue weighted by Gasteiger charge is -2.19. The van der Waals surface area contributed by atoms with Crippen molar-refractivity contribution in [3.05, 3.63) is 95.7 Å². The van der Waals surface area contributed by atoms with E-state index in [2.05, 4.69) is 22.2 Å². The molecule has 2 N–H and O–H groups in total. The molecule has 150 valence electrons. The van der Waals surface area contributed by atoms with Gasteiger partial charge in [-0.2, -0.15) is 0 Å². The van der Waals surface area contributed by atoms with Gasteiger partial charge < -0.3 is 14.7 Å². The van der Waals surface area contributed by atoms with Crippen molar-refractivity contribution in [1.29, 1.82) is 0 Å². The highest BCUT2D eigenvalue weighted by Gasteiger charge is 2.36. The molecule has 1 aliphatic rings. The number of hydrogen-bond acceptors (Lipinski definition) is 3. The molecule has 0 aliphatic heterocycles. The zero-order chi connectivity index (χ0) is 20.5. The SMILES string of the molecule is CC1CC1c1ccc(/C=C/C(=O)NC(c2ccccc2)c2ccc3nc[nH]c3c2)o1. The number of nitrogens with zero attached hydrogens (tertiary/aromatic N) is 1. The standard InChI is InChI=1S/C25H23N3O2/c1-16-13-20(16)23-11-8-19(30-23)9-12-24(29)28-25(17-5-3-2-4-6-17)18-7-10-21-22(14-18)27-15-26-21/h2-12,14-16,20,25H,13H2,1H3,(H,26,27)(H,28,29)/b12-9+. The average molecular weight is 397 g/mol. The number of H-pyrrole nitrogens is 1. The van der Waals surface area contributed by atoms with E-state index in [4.69, 9.17) is 4.42 Å². The molecule has 3 unspecified atom stereocenters. The number of carbonyl (C=O) groups excluding carboxylic acids is 1. The van der Waals surface area contributed by atoms with E-state index < -0.39 is 0 Å². The molecule has 0 saturated heterocycles. The van der Waals surface area contributed by atoms with Gasteiger partial charge in [0.1, 0.15) is 11.5 Å². The highest BCUT2D eigenvalue weighted by atomic mass is 16.3. The molecule has 2 aromatic heterocycles. The van der Waals surface area contributed by atoms with E-state index in [-0.39, 0.29) is 11.9 Å². The highest BCUT2D eigenvalue weighted by molar-refractivity contribution is 5.92. The molecule has 5 heteroatoms. The Kier molecular flexibility index (Phi) is 4.71. The lowest BCUT2D eigenvalue weighted by molar-refractivity contribution is -0.116. The lowest BCUT2D eigenvalue weighted by atomic mass is 9.98. The van der Waals surface area contributed by atoms with E-state index in [1.54, 1.807) is 12.4 Å². The topological polar surface area (TPSA) is 70.9 Å². The fourth-order valence-corrected chi connectivity index (χ4v) is 3.86. The molecular weight excluding hydrogens is 374 g/mol. The van der Waals surface area contributed by atoms with E-state index in [0.29, 0.717) is 17.6 Å². The van der Waals surface area contributed by atoms with Crippen LogP contribution in [0.2, 0.25) is 0 Å². The molecule has 1 saturated carbocycles. The Morgan fingerprint density at radius 3 is 2.80 bits per heavy atom. The molecule has 2 aromatic carbocycles. The second-order valence-electron chi connectivity index (χ2n) is 7.92. The first-order valence-electron chi connectivity index (χ1n) is 10.2. The first kappa shape index (κ1) is 18.4. The molecule has 2 heterocycles. The number of amides is 1. The predicted molar refractivity (Wildman–Crippen MR) is 117 cm³/mol. The smallest absolute Gasteiger partial charge is 0.244 e. The van der Waals surface area contributed by atoms with Crippen LogP contribution in [-0.4, -0.2) is 15.9 Å². The second kappa shape index (κ2) is 7.67. The number of fused-ring (bicyclic) bond motifs is 1. The molecule has 0 bridgehead atoms. The van der Waals surface area contributed by atoms with Crippen molar-refractivity contribution in [2.75, 3.05) is 0 Å². The molecule has 0 spiro atoms. The zero-order valence-electron chi connectivity index (χ0n) is 16.7. The van der Waals surface area contributed by atoms with Crippen LogP contribution in [0.4, 0.5) is 0 Å². The van der Waals surface area contributed by atoms with Crippen molar-refractivity contribution in [2.45, 2.75) is 25.3 Å². The summed E-state index contributed by atoms with van der Waals surface area (Å²) in [6, 6.07) is 19.6. The third kappa shape index (κ3) is 3.79. The Labute approximate surface area is 174 Å². The van der Waals surface area contributed by atoms with Gasteiger partial charge in [-0.1, -0.05) is 43.3 Å². The molecule has 5 nitrogen and oxygen atoms in total. The summed E-state index contributed by atoms with van der Waals surface area (Å²) >= 11 is 0. The van der Waals surface area contributed by atoms with Gasteiger partial charge in [0.05, 0.1) is 23.4 Å². The van der Waals surface area contributed by atoms with Crippen LogP contribution in [0.1, 0.15) is 48.0 Å². The van der Waals surface area contributed by atoms with Crippen LogP contribution in [0.5, 0.6) is 0 Å². The summed E-state index contributed by atoms with van der Waals surface area (Å²) in [5.41, 5.74) is 3.84. The molecule has 1 amide bonds. The number of hydrogen-bond donors (Lipinski definition) is 2. The van der Waals surface area contributed by atoms with Crippen LogP contribution < -0.4 is 5.32 Å². The minimum atomic E-state index is -0.268. The Hall–Kier alpha value is -3.60. The van der Waals surface area contributed by atoms with Crippen LogP contribution in [0.3, 0.4) is 0 Å². The number of aromatic amines is 1. The third-order valence-electron chi connectivity index (χ3n) is 5.72. The highest BCUT2D eigenvalue weighted by Crippen LogP contribution is 2.47. The number of benzene rings is 2. The summed E-state index contributed by atoms with van der Waals surface area (Å²) < 4.78 is 5.86. The number of furan rings is 1. The van der Waals surface area contributed by atoms with Crippen LogP contribution >= 0.6 is 0 Å². The normalized spacial score (nSPS) is 19.2. The largest absolute Gasteiger partial charge is 0.461 e. The lowest BCUT2D eigenvalue weighted by Crippen LogP contribution is -2.27. The minimum absolute atomic E-state index is 0.175. The van der Waals surface area contributed by atoms with Crippen LogP contribution in [0.25, 0.3) is 17.1 Å². The van der Waals surface area contributed by atoms with Crippen molar-refractivity contribution in [3.8, 4) is 0 Å². The van der Waals surface area contributed by atoms with E-state index in [1.807, 2.05) is 60.7 Å². The second-order valence-corrected chi connectivity index (χ2v) is 7.92. The fraction of sp³-hybridized carbons (Fsp3) is 0.200. The number of rotatable bonds is 6. The van der Waals surface area contributed by atoms with Gasteiger partial charge in [0, 0.05) is 12.0 Å². The van der Waals surface area contributed by atoms with Crippen molar-refractivity contribution >= 4 is 23.0 Å². The maximum absolute atomic E-state index is 12.7. The Morgan fingerprint density at radius 1 is 1.17 bits per heavy atom. The summed E-state index contributed by atoms with van der Waals surface area (Å²) in [4.78, 5) is 20.1. The maximum atomic E-state index is 12.7. The fourth-order valence-electron chi connectivity index (χ4n) is 3.86. The summed E-state index contributed by atoms with van der Waals surface area (Å²) in [7, 11) is 0. The predicted octanol–water partition coefficient (Wildman–Crippen LogP) is 5.20. The number of aromatic nitrogens is 2. The van der Waals surface area contributed by atoms with Crippen molar-refractivity contribution in [2.24, 2.45) is 5.92 Å². The number of imidazole rings is 1. The van der Waals surface area contributed by atoms with Crippen LogP contribution in [-0.2, 0) is 4.79 Å². The molecule has 1 aliphatic carbocycles. The number of nitrogens with one attached hydrogen (secondary N) is 2. The van der Waals surface area contributed by atoms with Gasteiger partial charge in [0.25, 0.3) is 0 Å². The monoisotopic (exact) mass is 397 g/mol. The molecular formula is C25H23N3O2. The summed E-state index contributed by atoms with van der Waals surface area (Å²) in [5.74, 6) is 2.76. The molecule has 30 heavy (non-hydrogen) atoms. The summed E-state index contributed by atoms with van der Waals surface area (Å²) in [6.07, 6.45) is 6.11. The minimum Gasteiger partial charge on any atom is -0.461 e. The van der Waals surface area contributed by atoms with E-state index in [0.717, 1.165) is 27.9 Å². The average Bonchev–Trinajstić information content (AvgIpc) is 3.16. The summed E-state index contributed by atoms with van der Waals surface area (Å²) in [6.45, 7) is 2.22. The van der Waals surface area contributed by atoms with Gasteiger partial charge in [-0.3, -0.25) is 4.79 Å². The third-order valence-corrected chi connectivity index (χ3v) is 5.72. The first-order valence-corrected chi connectivity index (χ1v) is 10.2. The molecule has 1 fully saturated rings. The molecule has 3 atom stereocenters. The first-order chi connectivity index (χ1) is 14.7. The van der Waals surface area contributed by atoms with Crippen molar-refractivity contribution in [3.63, 3.8) is 0 Å². The van der Waals surface area contributed by atoms with Crippen LogP contribution in [0, 0.1) is 5.92 Å². The molecule has 0 radical (unpaired) electrons. The summed E-state index contributed by atoms with van der Waals surface area (Å²) in [5, 5.41) is 3.12. The maximum Gasteiger partial charge on any atom is 0.244 e. The van der Waals surface area contributed by atoms with E-state index in [9.17, 15) is 4.79 Å². The van der Waals surface area contributed by atoms with Crippen molar-refractivity contribution in [1.82, 2.24) is 15.3 Å². The number of carbonyl (C=O) groups is 1. The Balaban J connectivity index is 1.36. The van der Waals surface area contributed by atoms with Crippen LogP contribution in [0.15, 0.2) is 77.5 Å². The van der Waals surface area contributed by atoms with Gasteiger partial charge in [-0.15, -0.1) is 0 Å².